The van der Waals surface area contributed by atoms with Crippen molar-refractivity contribution in [3.05, 3.63) is 23.7 Å². The molecule has 0 aliphatic rings. The quantitative estimate of drug-likeness (QED) is 0.753. The second kappa shape index (κ2) is 3.56. The summed E-state index contributed by atoms with van der Waals surface area (Å²) >= 11 is 0. The Morgan fingerprint density at radius 3 is 2.18 bits per heavy atom. The summed E-state index contributed by atoms with van der Waals surface area (Å²) < 4.78 is 0. The zero-order chi connectivity index (χ0) is 12.8. The van der Waals surface area contributed by atoms with Crippen LogP contribution < -0.4 is 0 Å². The highest BCUT2D eigenvalue weighted by atomic mass is 15.0. The van der Waals surface area contributed by atoms with Gasteiger partial charge in [-0.15, -0.1) is 0 Å². The summed E-state index contributed by atoms with van der Waals surface area (Å²) in [6.07, 6.45) is 1.70. The fourth-order valence-electron chi connectivity index (χ4n) is 2.01. The van der Waals surface area contributed by atoms with E-state index in [1.165, 1.54) is 5.56 Å². The predicted molar refractivity (Wildman–Crippen MR) is 71.3 cm³/mol. The van der Waals surface area contributed by atoms with E-state index in [4.69, 9.17) is 4.98 Å². The Bertz CT molecular complexity index is 491. The van der Waals surface area contributed by atoms with Crippen molar-refractivity contribution in [1.82, 2.24) is 15.0 Å². The second-order valence-electron chi connectivity index (χ2n) is 6.66. The number of rotatable bonds is 0. The van der Waals surface area contributed by atoms with E-state index in [0.29, 0.717) is 0 Å². The standard InChI is InChI=1S/C14H21N3/c1-13(2,3)9-7-10-12(16-8-15-10)17-11(9)14(4,5)6/h7-8H,1-6H3,(H,15,16,17). The van der Waals surface area contributed by atoms with E-state index in [2.05, 4.69) is 57.6 Å². The third-order valence-electron chi connectivity index (χ3n) is 2.93. The molecule has 0 radical (unpaired) electrons. The third kappa shape index (κ3) is 2.19. The van der Waals surface area contributed by atoms with Gasteiger partial charge in [0.2, 0.25) is 0 Å². The molecular formula is C14H21N3. The third-order valence-corrected chi connectivity index (χ3v) is 2.93. The second-order valence-corrected chi connectivity index (χ2v) is 6.66. The van der Waals surface area contributed by atoms with Gasteiger partial charge in [0.15, 0.2) is 5.65 Å². The average molecular weight is 231 g/mol. The molecule has 2 aromatic heterocycles. The van der Waals surface area contributed by atoms with E-state index >= 15 is 0 Å². The topological polar surface area (TPSA) is 41.6 Å². The number of hydrogen-bond acceptors (Lipinski definition) is 2. The minimum atomic E-state index is 0.0375. The lowest BCUT2D eigenvalue weighted by Crippen LogP contribution is -2.23. The molecule has 0 aliphatic heterocycles. The highest BCUT2D eigenvalue weighted by molar-refractivity contribution is 5.72. The number of fused-ring (bicyclic) bond motifs is 1. The molecule has 0 saturated heterocycles. The van der Waals surface area contributed by atoms with E-state index in [1.807, 2.05) is 0 Å². The van der Waals surface area contributed by atoms with Crippen LogP contribution in [0.3, 0.4) is 0 Å². The molecule has 0 saturated carbocycles. The molecule has 0 fully saturated rings. The van der Waals surface area contributed by atoms with Crippen molar-refractivity contribution in [3.63, 3.8) is 0 Å². The average Bonchev–Trinajstić information content (AvgIpc) is 2.59. The molecule has 0 bridgehead atoms. The Labute approximate surface area is 103 Å². The maximum absolute atomic E-state index is 4.73. The molecule has 92 valence electrons. The van der Waals surface area contributed by atoms with Gasteiger partial charge in [-0.05, 0) is 17.0 Å². The summed E-state index contributed by atoms with van der Waals surface area (Å²) in [6, 6.07) is 2.19. The summed E-state index contributed by atoms with van der Waals surface area (Å²) in [4.78, 5) is 12.1. The summed E-state index contributed by atoms with van der Waals surface area (Å²) in [7, 11) is 0. The highest BCUT2D eigenvalue weighted by Crippen LogP contribution is 2.33. The number of hydrogen-bond donors (Lipinski definition) is 1. The molecule has 0 aliphatic carbocycles. The lowest BCUT2D eigenvalue weighted by Gasteiger charge is -2.28. The number of nitrogens with one attached hydrogen (secondary N) is 1. The number of aromatic amines is 1. The summed E-state index contributed by atoms with van der Waals surface area (Å²) in [5, 5.41) is 0. The lowest BCUT2D eigenvalue weighted by atomic mass is 9.78. The van der Waals surface area contributed by atoms with Crippen LogP contribution in [0.5, 0.6) is 0 Å². The molecule has 0 aromatic carbocycles. The van der Waals surface area contributed by atoms with Gasteiger partial charge in [-0.2, -0.15) is 0 Å². The van der Waals surface area contributed by atoms with Crippen molar-refractivity contribution < 1.29 is 0 Å². The van der Waals surface area contributed by atoms with Crippen molar-refractivity contribution in [2.45, 2.75) is 52.4 Å². The van der Waals surface area contributed by atoms with Crippen molar-refractivity contribution >= 4 is 11.2 Å². The van der Waals surface area contributed by atoms with Gasteiger partial charge in [0.25, 0.3) is 0 Å². The Balaban J connectivity index is 2.78. The summed E-state index contributed by atoms with van der Waals surface area (Å²) in [5.41, 5.74) is 4.39. The van der Waals surface area contributed by atoms with Crippen molar-refractivity contribution in [2.75, 3.05) is 0 Å². The van der Waals surface area contributed by atoms with Gasteiger partial charge >= 0.3 is 0 Å². The van der Waals surface area contributed by atoms with Crippen LogP contribution in [0.1, 0.15) is 52.8 Å². The van der Waals surface area contributed by atoms with Crippen molar-refractivity contribution in [2.24, 2.45) is 0 Å². The number of aromatic nitrogens is 3. The zero-order valence-electron chi connectivity index (χ0n) is 11.5. The van der Waals surface area contributed by atoms with Gasteiger partial charge in [-0.3, -0.25) is 0 Å². The fourth-order valence-corrected chi connectivity index (χ4v) is 2.01. The number of pyridine rings is 1. The van der Waals surface area contributed by atoms with Gasteiger partial charge in [0.05, 0.1) is 17.5 Å². The SMILES string of the molecule is CC(C)(C)c1cc2[nH]cnc2nc1C(C)(C)C. The number of nitrogens with zero attached hydrogens (tertiary/aromatic N) is 2. The zero-order valence-corrected chi connectivity index (χ0v) is 11.5. The van der Waals surface area contributed by atoms with Gasteiger partial charge in [-0.25, -0.2) is 9.97 Å². The van der Waals surface area contributed by atoms with Crippen LogP contribution in [0.4, 0.5) is 0 Å². The lowest BCUT2D eigenvalue weighted by molar-refractivity contribution is 0.516. The first-order chi connectivity index (χ1) is 7.69. The molecule has 17 heavy (non-hydrogen) atoms. The molecule has 0 atom stereocenters. The summed E-state index contributed by atoms with van der Waals surface area (Å²) in [5.74, 6) is 0. The maximum Gasteiger partial charge on any atom is 0.177 e. The Hall–Kier alpha value is -1.38. The van der Waals surface area contributed by atoms with Gasteiger partial charge in [-0.1, -0.05) is 41.5 Å². The molecule has 0 unspecified atom stereocenters. The van der Waals surface area contributed by atoms with Gasteiger partial charge < -0.3 is 4.98 Å². The number of imidazole rings is 1. The van der Waals surface area contributed by atoms with Crippen molar-refractivity contribution in [3.8, 4) is 0 Å². The smallest absolute Gasteiger partial charge is 0.177 e. The predicted octanol–water partition coefficient (Wildman–Crippen LogP) is 3.55. The Kier molecular flexibility index (Phi) is 2.53. The highest BCUT2D eigenvalue weighted by Gasteiger charge is 2.27. The first-order valence-corrected chi connectivity index (χ1v) is 6.05. The molecular weight excluding hydrogens is 210 g/mol. The first kappa shape index (κ1) is 12.1. The largest absolute Gasteiger partial charge is 0.343 e. The van der Waals surface area contributed by atoms with E-state index < -0.39 is 0 Å². The van der Waals surface area contributed by atoms with E-state index in [1.54, 1.807) is 6.33 Å². The molecule has 0 spiro atoms. The van der Waals surface area contributed by atoms with Crippen LogP contribution in [-0.2, 0) is 10.8 Å². The van der Waals surface area contributed by atoms with Crippen LogP contribution in [-0.4, -0.2) is 15.0 Å². The van der Waals surface area contributed by atoms with E-state index in [9.17, 15) is 0 Å². The van der Waals surface area contributed by atoms with Crippen LogP contribution in [0.25, 0.3) is 11.2 Å². The molecule has 2 rings (SSSR count). The number of H-pyrrole nitrogens is 1. The van der Waals surface area contributed by atoms with E-state index in [-0.39, 0.29) is 10.8 Å². The minimum absolute atomic E-state index is 0.0375. The normalized spacial score (nSPS) is 13.3. The van der Waals surface area contributed by atoms with E-state index in [0.717, 1.165) is 16.9 Å². The first-order valence-electron chi connectivity index (χ1n) is 6.05. The molecule has 3 heteroatoms. The monoisotopic (exact) mass is 231 g/mol. The van der Waals surface area contributed by atoms with Gasteiger partial charge in [0.1, 0.15) is 0 Å². The molecule has 2 heterocycles. The summed E-state index contributed by atoms with van der Waals surface area (Å²) in [6.45, 7) is 13.3. The van der Waals surface area contributed by atoms with Crippen LogP contribution in [0, 0.1) is 0 Å². The fraction of sp³-hybridized carbons (Fsp3) is 0.571. The molecule has 1 N–H and O–H groups in total. The molecule has 3 nitrogen and oxygen atoms in total. The Morgan fingerprint density at radius 2 is 1.65 bits per heavy atom. The Morgan fingerprint density at radius 1 is 1.00 bits per heavy atom. The minimum Gasteiger partial charge on any atom is -0.343 e. The van der Waals surface area contributed by atoms with Crippen LogP contribution in [0.15, 0.2) is 12.4 Å². The maximum atomic E-state index is 4.73. The van der Waals surface area contributed by atoms with Crippen LogP contribution in [0.2, 0.25) is 0 Å². The van der Waals surface area contributed by atoms with Crippen LogP contribution >= 0.6 is 0 Å². The molecule has 2 aromatic rings. The van der Waals surface area contributed by atoms with Crippen molar-refractivity contribution in [1.29, 1.82) is 0 Å². The van der Waals surface area contributed by atoms with Gasteiger partial charge in [0, 0.05) is 5.41 Å². The molecule has 0 amide bonds.